The Morgan fingerprint density at radius 2 is 1.77 bits per heavy atom. The third-order valence-electron chi connectivity index (χ3n) is 4.55. The van der Waals surface area contributed by atoms with Crippen molar-refractivity contribution in [1.29, 1.82) is 0 Å². The van der Waals surface area contributed by atoms with Crippen LogP contribution < -0.4 is 5.32 Å². The van der Waals surface area contributed by atoms with Gasteiger partial charge in [-0.05, 0) is 54.0 Å². The summed E-state index contributed by atoms with van der Waals surface area (Å²) in [7, 11) is -3.41. The van der Waals surface area contributed by atoms with Gasteiger partial charge in [0, 0.05) is 25.3 Å². The van der Waals surface area contributed by atoms with E-state index < -0.39 is 10.0 Å². The number of anilines is 1. The maximum absolute atomic E-state index is 12.8. The highest BCUT2D eigenvalue weighted by atomic mass is 32.2. The molecule has 0 radical (unpaired) electrons. The lowest BCUT2D eigenvalue weighted by Gasteiger charge is -2.20. The van der Waals surface area contributed by atoms with Gasteiger partial charge in [-0.25, -0.2) is 13.1 Å². The number of benzene rings is 1. The second-order valence-electron chi connectivity index (χ2n) is 6.51. The molecule has 1 aliphatic heterocycles. The highest BCUT2D eigenvalue weighted by molar-refractivity contribution is 7.89. The van der Waals surface area contributed by atoms with Crippen LogP contribution in [0.1, 0.15) is 44.9 Å². The van der Waals surface area contributed by atoms with Crippen molar-refractivity contribution in [2.45, 2.75) is 57.0 Å². The molecule has 2 aromatic rings. The first-order valence-corrected chi connectivity index (χ1v) is 10.6. The molecule has 0 spiro atoms. The molecule has 1 fully saturated rings. The van der Waals surface area contributed by atoms with Gasteiger partial charge in [-0.15, -0.1) is 5.10 Å². The fourth-order valence-electron chi connectivity index (χ4n) is 3.09. The van der Waals surface area contributed by atoms with Gasteiger partial charge >= 0.3 is 0 Å². The quantitative estimate of drug-likeness (QED) is 0.794. The molecular formula is C17H26N6O2S. The fraction of sp³-hybridized carbons (Fsp3) is 0.588. The Labute approximate surface area is 154 Å². The lowest BCUT2D eigenvalue weighted by Crippen LogP contribution is -2.31. The first-order valence-electron chi connectivity index (χ1n) is 9.20. The van der Waals surface area contributed by atoms with E-state index in [0.717, 1.165) is 50.2 Å². The van der Waals surface area contributed by atoms with E-state index in [0.29, 0.717) is 24.5 Å². The largest absolute Gasteiger partial charge is 0.378 e. The second-order valence-corrected chi connectivity index (χ2v) is 8.45. The molecule has 1 aromatic heterocycles. The van der Waals surface area contributed by atoms with Crippen LogP contribution in [0.5, 0.6) is 0 Å². The van der Waals surface area contributed by atoms with Crippen LogP contribution in [0.25, 0.3) is 0 Å². The van der Waals surface area contributed by atoms with Gasteiger partial charge in [0.25, 0.3) is 0 Å². The predicted octanol–water partition coefficient (Wildman–Crippen LogP) is 2.26. The van der Waals surface area contributed by atoms with E-state index in [2.05, 4.69) is 27.8 Å². The zero-order valence-electron chi connectivity index (χ0n) is 15.1. The number of nitrogens with one attached hydrogen (secondary N) is 1. The van der Waals surface area contributed by atoms with Gasteiger partial charge in [-0.3, -0.25) is 0 Å². The molecule has 1 aliphatic rings. The third kappa shape index (κ3) is 4.39. The van der Waals surface area contributed by atoms with Crippen molar-refractivity contribution >= 4 is 15.7 Å². The Kier molecular flexibility index (Phi) is 6.20. The summed E-state index contributed by atoms with van der Waals surface area (Å²) in [4.78, 5) is 0.348. The van der Waals surface area contributed by atoms with Gasteiger partial charge in [-0.1, -0.05) is 19.8 Å². The topological polar surface area (TPSA) is 93.0 Å². The maximum atomic E-state index is 12.8. The fourth-order valence-corrected chi connectivity index (χ4v) is 4.61. The van der Waals surface area contributed by atoms with E-state index in [1.165, 1.54) is 0 Å². The molecule has 0 aliphatic carbocycles. The molecular weight excluding hydrogens is 352 g/mol. The summed E-state index contributed by atoms with van der Waals surface area (Å²) in [6.45, 7) is 4.56. The molecule has 1 N–H and O–H groups in total. The molecule has 9 heteroatoms. The Morgan fingerprint density at radius 3 is 2.42 bits per heavy atom. The van der Waals surface area contributed by atoms with E-state index in [1.807, 2.05) is 0 Å². The van der Waals surface area contributed by atoms with E-state index in [-0.39, 0.29) is 0 Å². The average molecular weight is 379 g/mol. The summed E-state index contributed by atoms with van der Waals surface area (Å²) in [6, 6.07) is 6.91. The van der Waals surface area contributed by atoms with Crippen LogP contribution in [-0.4, -0.2) is 46.0 Å². The summed E-state index contributed by atoms with van der Waals surface area (Å²) in [6.07, 6.45) is 5.04. The Bertz CT molecular complexity index is 795. The number of nitrogens with zero attached hydrogens (tertiary/aromatic N) is 5. The standard InChI is InChI=1S/C17H26N6O2S/c1-2-11-23-17(19-20-21-23)14-18-15-7-9-16(10-8-15)26(24,25)22-12-5-3-4-6-13-22/h7-10,18H,2-6,11-14H2,1H3. The van der Waals surface area contributed by atoms with Crippen molar-refractivity contribution in [1.82, 2.24) is 24.5 Å². The number of aryl methyl sites for hydroxylation is 1. The van der Waals surface area contributed by atoms with Crippen LogP contribution in [0, 0.1) is 0 Å². The van der Waals surface area contributed by atoms with Crippen molar-refractivity contribution in [2.24, 2.45) is 0 Å². The van der Waals surface area contributed by atoms with E-state index >= 15 is 0 Å². The van der Waals surface area contributed by atoms with Crippen LogP contribution in [0.2, 0.25) is 0 Å². The second kappa shape index (κ2) is 8.59. The summed E-state index contributed by atoms with van der Waals surface area (Å²) >= 11 is 0. The first-order chi connectivity index (χ1) is 12.6. The maximum Gasteiger partial charge on any atom is 0.243 e. The van der Waals surface area contributed by atoms with Crippen LogP contribution in [0.4, 0.5) is 5.69 Å². The minimum absolute atomic E-state index is 0.348. The van der Waals surface area contributed by atoms with Gasteiger partial charge in [0.1, 0.15) is 0 Å². The number of sulfonamides is 1. The molecule has 3 rings (SSSR count). The molecule has 8 nitrogen and oxygen atoms in total. The molecule has 1 saturated heterocycles. The highest BCUT2D eigenvalue weighted by Gasteiger charge is 2.24. The minimum atomic E-state index is -3.41. The van der Waals surface area contributed by atoms with Crippen LogP contribution in [0.15, 0.2) is 29.2 Å². The zero-order chi connectivity index (χ0) is 18.4. The van der Waals surface area contributed by atoms with Crippen molar-refractivity contribution in [3.63, 3.8) is 0 Å². The highest BCUT2D eigenvalue weighted by Crippen LogP contribution is 2.22. The molecule has 26 heavy (non-hydrogen) atoms. The number of tetrazole rings is 1. The number of hydrogen-bond donors (Lipinski definition) is 1. The van der Waals surface area contributed by atoms with Gasteiger partial charge in [0.2, 0.25) is 10.0 Å². The monoisotopic (exact) mass is 378 g/mol. The smallest absolute Gasteiger partial charge is 0.243 e. The van der Waals surface area contributed by atoms with Crippen molar-refractivity contribution in [3.05, 3.63) is 30.1 Å². The number of hydrogen-bond acceptors (Lipinski definition) is 6. The lowest BCUT2D eigenvalue weighted by atomic mass is 10.2. The van der Waals surface area contributed by atoms with Crippen LogP contribution >= 0.6 is 0 Å². The number of aromatic nitrogens is 4. The summed E-state index contributed by atoms with van der Waals surface area (Å²) in [5, 5.41) is 14.9. The van der Waals surface area contributed by atoms with Crippen molar-refractivity contribution in [2.75, 3.05) is 18.4 Å². The van der Waals surface area contributed by atoms with E-state index in [1.54, 1.807) is 33.3 Å². The molecule has 0 saturated carbocycles. The van der Waals surface area contributed by atoms with Crippen LogP contribution in [-0.2, 0) is 23.1 Å². The summed E-state index contributed by atoms with van der Waals surface area (Å²) in [5.74, 6) is 0.758. The van der Waals surface area contributed by atoms with E-state index in [4.69, 9.17) is 0 Å². The van der Waals surface area contributed by atoms with E-state index in [9.17, 15) is 8.42 Å². The van der Waals surface area contributed by atoms with Crippen molar-refractivity contribution < 1.29 is 8.42 Å². The SMILES string of the molecule is CCCn1nnnc1CNc1ccc(S(=O)(=O)N2CCCCCC2)cc1. The molecule has 2 heterocycles. The molecule has 0 bridgehead atoms. The number of rotatable bonds is 7. The van der Waals surface area contributed by atoms with Gasteiger partial charge in [0.15, 0.2) is 5.82 Å². The first kappa shape index (κ1) is 18.8. The Balaban J connectivity index is 1.65. The molecule has 0 atom stereocenters. The van der Waals surface area contributed by atoms with Gasteiger partial charge in [-0.2, -0.15) is 4.31 Å². The normalized spacial score (nSPS) is 16.3. The lowest BCUT2D eigenvalue weighted by molar-refractivity contribution is 0.424. The molecule has 1 aromatic carbocycles. The Hall–Kier alpha value is -2.00. The molecule has 142 valence electrons. The predicted molar refractivity (Wildman–Crippen MR) is 99.1 cm³/mol. The minimum Gasteiger partial charge on any atom is -0.378 e. The average Bonchev–Trinajstić information content (AvgIpc) is 2.91. The third-order valence-corrected chi connectivity index (χ3v) is 6.46. The molecule has 0 amide bonds. The van der Waals surface area contributed by atoms with Gasteiger partial charge in [0.05, 0.1) is 11.4 Å². The summed E-state index contributed by atoms with van der Waals surface area (Å²) < 4.78 is 29.0. The Morgan fingerprint density at radius 1 is 1.08 bits per heavy atom. The van der Waals surface area contributed by atoms with Gasteiger partial charge < -0.3 is 5.32 Å². The van der Waals surface area contributed by atoms with Crippen LogP contribution in [0.3, 0.4) is 0 Å². The zero-order valence-corrected chi connectivity index (χ0v) is 16.0. The summed E-state index contributed by atoms with van der Waals surface area (Å²) in [5.41, 5.74) is 0.839. The molecule has 0 unspecified atom stereocenters. The van der Waals surface area contributed by atoms with Crippen molar-refractivity contribution in [3.8, 4) is 0 Å².